The van der Waals surface area contributed by atoms with Crippen LogP contribution >= 0.6 is 15.9 Å². The summed E-state index contributed by atoms with van der Waals surface area (Å²) in [7, 11) is 0. The van der Waals surface area contributed by atoms with Gasteiger partial charge in [0.2, 0.25) is 0 Å². The fourth-order valence-electron chi connectivity index (χ4n) is 2.13. The molecule has 0 unspecified atom stereocenters. The molecular weight excluding hydrogens is 412 g/mol. The van der Waals surface area contributed by atoms with Crippen LogP contribution in [0.25, 0.3) is 6.08 Å². The Hall–Kier alpha value is -2.93. The SMILES string of the molecule is CCOC(=O)CNC(=O)/C(=C/c1ccccc1)NC(=O)c1ccc(Br)cc1. The van der Waals surface area contributed by atoms with Crippen LogP contribution in [0.5, 0.6) is 0 Å². The molecule has 27 heavy (non-hydrogen) atoms. The zero-order chi connectivity index (χ0) is 19.6. The normalized spacial score (nSPS) is 10.8. The molecule has 7 heteroatoms. The Morgan fingerprint density at radius 2 is 1.70 bits per heavy atom. The van der Waals surface area contributed by atoms with Gasteiger partial charge >= 0.3 is 5.97 Å². The molecule has 0 atom stereocenters. The molecular formula is C20H19BrN2O4. The second kappa shape index (κ2) is 10.3. The van der Waals surface area contributed by atoms with Gasteiger partial charge in [-0.15, -0.1) is 0 Å². The first kappa shape index (κ1) is 20.4. The molecule has 0 bridgehead atoms. The molecule has 0 spiro atoms. The smallest absolute Gasteiger partial charge is 0.325 e. The number of amides is 2. The van der Waals surface area contributed by atoms with E-state index in [0.29, 0.717) is 5.56 Å². The molecule has 2 aromatic carbocycles. The third-order valence-electron chi connectivity index (χ3n) is 3.41. The maximum absolute atomic E-state index is 12.5. The minimum Gasteiger partial charge on any atom is -0.465 e. The zero-order valence-electron chi connectivity index (χ0n) is 14.7. The van der Waals surface area contributed by atoms with Gasteiger partial charge in [0.1, 0.15) is 12.2 Å². The molecule has 6 nitrogen and oxygen atoms in total. The summed E-state index contributed by atoms with van der Waals surface area (Å²) in [6.45, 7) is 1.62. The number of halogens is 1. The molecule has 0 aliphatic rings. The van der Waals surface area contributed by atoms with Gasteiger partial charge in [0.25, 0.3) is 11.8 Å². The van der Waals surface area contributed by atoms with Crippen molar-refractivity contribution in [2.45, 2.75) is 6.92 Å². The van der Waals surface area contributed by atoms with E-state index in [2.05, 4.69) is 26.6 Å². The van der Waals surface area contributed by atoms with E-state index in [9.17, 15) is 14.4 Å². The Kier molecular flexibility index (Phi) is 7.76. The van der Waals surface area contributed by atoms with Crippen LogP contribution in [0.3, 0.4) is 0 Å². The minimum absolute atomic E-state index is 0.0263. The quantitative estimate of drug-likeness (QED) is 0.522. The zero-order valence-corrected chi connectivity index (χ0v) is 16.3. The number of rotatable bonds is 7. The molecule has 0 aliphatic carbocycles. The highest BCUT2D eigenvalue weighted by Crippen LogP contribution is 2.11. The monoisotopic (exact) mass is 430 g/mol. The second-order valence-electron chi connectivity index (χ2n) is 5.42. The summed E-state index contributed by atoms with van der Waals surface area (Å²) < 4.78 is 5.63. The van der Waals surface area contributed by atoms with Gasteiger partial charge in [-0.05, 0) is 42.8 Å². The molecule has 0 saturated carbocycles. The van der Waals surface area contributed by atoms with Crippen molar-refractivity contribution < 1.29 is 19.1 Å². The highest BCUT2D eigenvalue weighted by Gasteiger charge is 2.16. The number of ether oxygens (including phenoxy) is 1. The lowest BCUT2D eigenvalue weighted by atomic mass is 10.1. The predicted octanol–water partition coefficient (Wildman–Crippen LogP) is 2.90. The van der Waals surface area contributed by atoms with Gasteiger partial charge in [0, 0.05) is 10.0 Å². The number of nitrogens with one attached hydrogen (secondary N) is 2. The Bertz CT molecular complexity index is 833. The third kappa shape index (κ3) is 6.71. The van der Waals surface area contributed by atoms with Crippen LogP contribution in [0.15, 0.2) is 64.8 Å². The van der Waals surface area contributed by atoms with Crippen LogP contribution < -0.4 is 10.6 Å². The summed E-state index contributed by atoms with van der Waals surface area (Å²) in [5.41, 5.74) is 1.16. The van der Waals surface area contributed by atoms with E-state index in [1.165, 1.54) is 6.08 Å². The molecule has 0 aromatic heterocycles. The predicted molar refractivity (Wildman–Crippen MR) is 106 cm³/mol. The first-order valence-corrected chi connectivity index (χ1v) is 9.06. The lowest BCUT2D eigenvalue weighted by molar-refractivity contribution is -0.143. The van der Waals surface area contributed by atoms with E-state index in [1.54, 1.807) is 43.3 Å². The van der Waals surface area contributed by atoms with Crippen molar-refractivity contribution in [3.63, 3.8) is 0 Å². The molecule has 0 saturated heterocycles. The van der Waals surface area contributed by atoms with Gasteiger partial charge in [-0.2, -0.15) is 0 Å². The van der Waals surface area contributed by atoms with Crippen molar-refractivity contribution in [3.05, 3.63) is 75.9 Å². The molecule has 0 heterocycles. The minimum atomic E-state index is -0.586. The molecule has 0 fully saturated rings. The van der Waals surface area contributed by atoms with Crippen LogP contribution in [0.2, 0.25) is 0 Å². The van der Waals surface area contributed by atoms with E-state index in [0.717, 1.165) is 10.0 Å². The Labute approximate surface area is 165 Å². The third-order valence-corrected chi connectivity index (χ3v) is 3.94. The molecule has 2 rings (SSSR count). The number of benzene rings is 2. The lowest BCUT2D eigenvalue weighted by Crippen LogP contribution is -2.37. The van der Waals surface area contributed by atoms with Gasteiger partial charge in [0.05, 0.1) is 6.61 Å². The van der Waals surface area contributed by atoms with Gasteiger partial charge < -0.3 is 15.4 Å². The average molecular weight is 431 g/mol. The van der Waals surface area contributed by atoms with E-state index in [4.69, 9.17) is 4.74 Å². The number of hydrogen-bond donors (Lipinski definition) is 2. The molecule has 140 valence electrons. The highest BCUT2D eigenvalue weighted by molar-refractivity contribution is 9.10. The van der Waals surface area contributed by atoms with Crippen molar-refractivity contribution in [3.8, 4) is 0 Å². The largest absolute Gasteiger partial charge is 0.465 e. The molecule has 2 amide bonds. The lowest BCUT2D eigenvalue weighted by Gasteiger charge is -2.11. The Morgan fingerprint density at radius 1 is 1.04 bits per heavy atom. The second-order valence-corrected chi connectivity index (χ2v) is 6.33. The van der Waals surface area contributed by atoms with E-state index in [1.807, 2.05) is 18.2 Å². The van der Waals surface area contributed by atoms with E-state index in [-0.39, 0.29) is 18.8 Å². The van der Waals surface area contributed by atoms with Crippen LogP contribution in [0.4, 0.5) is 0 Å². The molecule has 2 aromatic rings. The van der Waals surface area contributed by atoms with Crippen molar-refractivity contribution in [1.29, 1.82) is 0 Å². The maximum atomic E-state index is 12.5. The summed E-state index contributed by atoms with van der Waals surface area (Å²) >= 11 is 3.31. The van der Waals surface area contributed by atoms with Crippen molar-refractivity contribution in [1.82, 2.24) is 10.6 Å². The van der Waals surface area contributed by atoms with Gasteiger partial charge in [-0.3, -0.25) is 14.4 Å². The average Bonchev–Trinajstić information content (AvgIpc) is 2.67. The van der Waals surface area contributed by atoms with Crippen LogP contribution in [0.1, 0.15) is 22.8 Å². The number of hydrogen-bond acceptors (Lipinski definition) is 4. The summed E-state index contributed by atoms with van der Waals surface area (Å²) in [6.07, 6.45) is 1.54. The van der Waals surface area contributed by atoms with Crippen LogP contribution in [-0.2, 0) is 14.3 Å². The van der Waals surface area contributed by atoms with Gasteiger partial charge in [0.15, 0.2) is 0 Å². The van der Waals surface area contributed by atoms with Crippen molar-refractivity contribution in [2.75, 3.05) is 13.2 Å². The van der Waals surface area contributed by atoms with Crippen molar-refractivity contribution >= 4 is 39.8 Å². The van der Waals surface area contributed by atoms with E-state index < -0.39 is 17.8 Å². The van der Waals surface area contributed by atoms with Crippen molar-refractivity contribution in [2.24, 2.45) is 0 Å². The Morgan fingerprint density at radius 3 is 2.33 bits per heavy atom. The number of carbonyl (C=O) groups excluding carboxylic acids is 3. The molecule has 2 N–H and O–H groups in total. The summed E-state index contributed by atoms with van der Waals surface area (Å²) in [5.74, 6) is -1.57. The Balaban J connectivity index is 2.17. The van der Waals surface area contributed by atoms with Gasteiger partial charge in [-0.1, -0.05) is 46.3 Å². The summed E-state index contributed by atoms with van der Waals surface area (Å²) in [5, 5.41) is 5.05. The molecule has 0 radical (unpaired) electrons. The van der Waals surface area contributed by atoms with Crippen LogP contribution in [0, 0.1) is 0 Å². The first-order valence-electron chi connectivity index (χ1n) is 8.27. The maximum Gasteiger partial charge on any atom is 0.325 e. The topological polar surface area (TPSA) is 84.5 Å². The first-order chi connectivity index (χ1) is 13.0. The number of carbonyl (C=O) groups is 3. The summed E-state index contributed by atoms with van der Waals surface area (Å²) in [6, 6.07) is 15.8. The van der Waals surface area contributed by atoms with Gasteiger partial charge in [-0.25, -0.2) is 0 Å². The number of esters is 1. The van der Waals surface area contributed by atoms with E-state index >= 15 is 0 Å². The molecule has 0 aliphatic heterocycles. The summed E-state index contributed by atoms with van der Waals surface area (Å²) in [4.78, 5) is 36.4. The fraction of sp³-hybridized carbons (Fsp3) is 0.150. The highest BCUT2D eigenvalue weighted by atomic mass is 79.9. The fourth-order valence-corrected chi connectivity index (χ4v) is 2.39. The van der Waals surface area contributed by atoms with Crippen LogP contribution in [-0.4, -0.2) is 30.9 Å². The standard InChI is InChI=1S/C20H19BrN2O4/c1-2-27-18(24)13-22-20(26)17(12-14-6-4-3-5-7-14)23-19(25)15-8-10-16(21)11-9-15/h3-12H,2,13H2,1H3,(H,22,26)(H,23,25)/b17-12-.